The van der Waals surface area contributed by atoms with Crippen LogP contribution in [0.1, 0.15) is 13.8 Å². The van der Waals surface area contributed by atoms with E-state index >= 15 is 0 Å². The van der Waals surface area contributed by atoms with Crippen LogP contribution in [0.15, 0.2) is 0 Å². The Labute approximate surface area is 188 Å². The van der Waals surface area contributed by atoms with Crippen LogP contribution in [0.2, 0.25) is 0 Å². The summed E-state index contributed by atoms with van der Waals surface area (Å²) < 4.78 is 22.0. The molecule has 15 nitrogen and oxygen atoms in total. The molecule has 0 spiro atoms. The van der Waals surface area contributed by atoms with Gasteiger partial charge in [0.05, 0.1) is 19.3 Å². The van der Waals surface area contributed by atoms with Gasteiger partial charge in [0.2, 0.25) is 5.91 Å². The van der Waals surface area contributed by atoms with Crippen LogP contribution in [0.4, 0.5) is 0 Å². The molecule has 0 bridgehead atoms. The molecule has 192 valence electrons. The third-order valence-corrected chi connectivity index (χ3v) is 5.50. The van der Waals surface area contributed by atoms with Crippen molar-refractivity contribution in [3.05, 3.63) is 0 Å². The second-order valence-corrected chi connectivity index (χ2v) is 7.95. The number of carboxylic acids is 1. The van der Waals surface area contributed by atoms with Gasteiger partial charge in [-0.15, -0.1) is 0 Å². The smallest absolute Gasteiger partial charge is 0.323 e. The summed E-state index contributed by atoms with van der Waals surface area (Å²) in [5.74, 6) is -1.99. The highest BCUT2D eigenvalue weighted by molar-refractivity contribution is 5.74. The minimum atomic E-state index is -1.82. The minimum absolute atomic E-state index is 0.621. The molecule has 2 heterocycles. The summed E-state index contributed by atoms with van der Waals surface area (Å²) in [5, 5.41) is 71.4. The van der Waals surface area contributed by atoms with Crippen LogP contribution >= 0.6 is 0 Å². The predicted molar refractivity (Wildman–Crippen MR) is 104 cm³/mol. The van der Waals surface area contributed by atoms with E-state index < -0.39 is 98.6 Å². The fourth-order valence-corrected chi connectivity index (χ4v) is 3.57. The number of ether oxygens (including phenoxy) is 4. The molecule has 2 rings (SSSR count). The largest absolute Gasteiger partial charge is 0.480 e. The van der Waals surface area contributed by atoms with E-state index in [1.807, 2.05) is 0 Å². The molecule has 0 aromatic heterocycles. The summed E-state index contributed by atoms with van der Waals surface area (Å²) in [7, 11) is 0. The number of rotatable bonds is 9. The summed E-state index contributed by atoms with van der Waals surface area (Å²) in [4.78, 5) is 23.0. The Kier molecular flexibility index (Phi) is 9.89. The molecule has 0 saturated carbocycles. The number of aliphatic hydroxyl groups is 6. The molecule has 2 aliphatic rings. The van der Waals surface area contributed by atoms with Gasteiger partial charge >= 0.3 is 5.97 Å². The number of carbonyl (C=O) groups excluding carboxylic acids is 1. The lowest BCUT2D eigenvalue weighted by atomic mass is 9.95. The Morgan fingerprint density at radius 1 is 0.970 bits per heavy atom. The summed E-state index contributed by atoms with van der Waals surface area (Å²) in [6, 6.07) is -2.80. The molecule has 0 aromatic rings. The van der Waals surface area contributed by atoms with E-state index in [1.165, 1.54) is 6.92 Å². The van der Waals surface area contributed by atoms with Gasteiger partial charge in [-0.05, 0) is 6.92 Å². The van der Waals surface area contributed by atoms with E-state index in [0.717, 1.165) is 6.92 Å². The maximum atomic E-state index is 11.8. The lowest BCUT2D eigenvalue weighted by Gasteiger charge is -2.47. The summed E-state index contributed by atoms with van der Waals surface area (Å²) in [6.07, 6.45) is -15.3. The zero-order valence-corrected chi connectivity index (χ0v) is 18.0. The number of nitrogens with two attached hydrogens (primary N) is 1. The summed E-state index contributed by atoms with van der Waals surface area (Å²) in [5.41, 5.74) is 5.55. The van der Waals surface area contributed by atoms with Crippen molar-refractivity contribution in [2.75, 3.05) is 13.2 Å². The van der Waals surface area contributed by atoms with Crippen molar-refractivity contribution in [1.29, 1.82) is 0 Å². The topological polar surface area (TPSA) is 251 Å². The van der Waals surface area contributed by atoms with Crippen LogP contribution in [-0.4, -0.2) is 134 Å². The normalized spacial score (nSPS) is 41.2. The third kappa shape index (κ3) is 6.34. The van der Waals surface area contributed by atoms with Crippen molar-refractivity contribution >= 4 is 11.9 Å². The van der Waals surface area contributed by atoms with Gasteiger partial charge in [-0.3, -0.25) is 9.59 Å². The first kappa shape index (κ1) is 27.7. The predicted octanol–water partition coefficient (Wildman–Crippen LogP) is -5.43. The van der Waals surface area contributed by atoms with Crippen LogP contribution < -0.4 is 11.1 Å². The fraction of sp³-hybridized carbons (Fsp3) is 0.889. The summed E-state index contributed by atoms with van der Waals surface area (Å²) in [6.45, 7) is 1.01. The van der Waals surface area contributed by atoms with Gasteiger partial charge < -0.3 is 65.7 Å². The molecule has 2 aliphatic heterocycles. The molecule has 0 unspecified atom stereocenters. The highest BCUT2D eigenvalue weighted by Crippen LogP contribution is 2.30. The maximum Gasteiger partial charge on any atom is 0.323 e. The highest BCUT2D eigenvalue weighted by atomic mass is 16.7. The van der Waals surface area contributed by atoms with Crippen molar-refractivity contribution in [3.63, 3.8) is 0 Å². The summed E-state index contributed by atoms with van der Waals surface area (Å²) >= 11 is 0. The van der Waals surface area contributed by atoms with Crippen LogP contribution in [-0.2, 0) is 28.5 Å². The zero-order valence-electron chi connectivity index (χ0n) is 18.0. The monoisotopic (exact) mass is 484 g/mol. The number of carboxylic acid groups (broad SMARTS) is 1. The van der Waals surface area contributed by atoms with Crippen molar-refractivity contribution < 1.29 is 64.3 Å². The van der Waals surface area contributed by atoms with Crippen LogP contribution in [0, 0.1) is 0 Å². The van der Waals surface area contributed by atoms with Crippen molar-refractivity contribution in [3.8, 4) is 0 Å². The third-order valence-electron chi connectivity index (χ3n) is 5.50. The fourth-order valence-electron chi connectivity index (χ4n) is 3.57. The first-order valence-electron chi connectivity index (χ1n) is 10.2. The van der Waals surface area contributed by atoms with Gasteiger partial charge in [0.25, 0.3) is 0 Å². The Hall–Kier alpha value is -1.50. The second-order valence-electron chi connectivity index (χ2n) is 7.95. The molecule has 0 radical (unpaired) electrons. The maximum absolute atomic E-state index is 11.8. The van der Waals surface area contributed by atoms with Gasteiger partial charge in [-0.1, -0.05) is 0 Å². The molecule has 12 atom stereocenters. The molecule has 10 N–H and O–H groups in total. The van der Waals surface area contributed by atoms with Gasteiger partial charge in [-0.2, -0.15) is 0 Å². The molecular weight excluding hydrogens is 452 g/mol. The number of aliphatic hydroxyl groups excluding tert-OH is 6. The molecule has 15 heteroatoms. The van der Waals surface area contributed by atoms with E-state index in [2.05, 4.69) is 5.32 Å². The van der Waals surface area contributed by atoms with E-state index in [0.29, 0.717) is 0 Å². The zero-order chi connectivity index (χ0) is 25.0. The number of hydrogen-bond acceptors (Lipinski definition) is 13. The number of hydrogen-bond donors (Lipinski definition) is 9. The molecule has 2 fully saturated rings. The Morgan fingerprint density at radius 2 is 1.52 bits per heavy atom. The minimum Gasteiger partial charge on any atom is -0.480 e. The first-order valence-corrected chi connectivity index (χ1v) is 10.2. The molecule has 0 aromatic carbocycles. The Morgan fingerprint density at radius 3 is 2.03 bits per heavy atom. The molecule has 2 saturated heterocycles. The molecule has 1 amide bonds. The van der Waals surface area contributed by atoms with Gasteiger partial charge in [-0.25, -0.2) is 0 Å². The van der Waals surface area contributed by atoms with Crippen LogP contribution in [0.3, 0.4) is 0 Å². The number of carbonyl (C=O) groups is 2. The van der Waals surface area contributed by atoms with Crippen LogP contribution in [0.25, 0.3) is 0 Å². The standard InChI is InChI=1S/C18H32N2O13/c1-5(9(19)16(28)29)30-17-10(20-6(2)23)15(12(25)8(4-22)31-17)33-18-14(27)13(26)11(24)7(3-21)32-18/h5,7-15,17-18,21-22,24-27H,3-4,19H2,1-2H3,(H,20,23)(H,28,29)/t5-,7-,8-,9+,10-,11+,12-,13+,14-,15-,17-,18-/m1/s1. The number of nitrogens with one attached hydrogen (secondary N) is 1. The van der Waals surface area contributed by atoms with E-state index in [-0.39, 0.29) is 0 Å². The SMILES string of the molecule is CC(=O)N[C@H]1[C@H](O[C@H](C)[C@H](N)C(=O)O)O[C@H](CO)[C@@H](O)[C@@H]1O[C@H]1O[C@H](CO)[C@H](O)[C@H](O)[C@H]1O. The Bertz CT molecular complexity index is 667. The first-order chi connectivity index (χ1) is 15.4. The van der Waals surface area contributed by atoms with Crippen molar-refractivity contribution in [1.82, 2.24) is 5.32 Å². The van der Waals surface area contributed by atoms with Crippen molar-refractivity contribution in [2.45, 2.75) is 87.3 Å². The van der Waals surface area contributed by atoms with E-state index in [9.17, 15) is 40.2 Å². The lowest BCUT2D eigenvalue weighted by molar-refractivity contribution is -0.347. The number of amides is 1. The molecular formula is C18H32N2O13. The molecule has 33 heavy (non-hydrogen) atoms. The highest BCUT2D eigenvalue weighted by Gasteiger charge is 2.52. The Balaban J connectivity index is 2.32. The second kappa shape index (κ2) is 11.8. The average Bonchev–Trinajstić information content (AvgIpc) is 2.76. The van der Waals surface area contributed by atoms with Gasteiger partial charge in [0.15, 0.2) is 12.6 Å². The van der Waals surface area contributed by atoms with Crippen LogP contribution in [0.5, 0.6) is 0 Å². The van der Waals surface area contributed by atoms with Gasteiger partial charge in [0.1, 0.15) is 54.8 Å². The van der Waals surface area contributed by atoms with E-state index in [1.54, 1.807) is 0 Å². The molecule has 0 aliphatic carbocycles. The van der Waals surface area contributed by atoms with E-state index in [4.69, 9.17) is 29.8 Å². The average molecular weight is 484 g/mol. The van der Waals surface area contributed by atoms with Gasteiger partial charge in [0, 0.05) is 6.92 Å². The van der Waals surface area contributed by atoms with Crippen molar-refractivity contribution in [2.24, 2.45) is 5.73 Å². The number of aliphatic carboxylic acids is 1. The quantitative estimate of drug-likeness (QED) is 0.148. The lowest BCUT2D eigenvalue weighted by Crippen LogP contribution is -2.68.